The van der Waals surface area contributed by atoms with Gasteiger partial charge in [-0.3, -0.25) is 4.79 Å². The molecule has 0 fully saturated rings. The van der Waals surface area contributed by atoms with Gasteiger partial charge in [0.05, 0.1) is 11.4 Å². The first-order valence-electron chi connectivity index (χ1n) is 11.6. The maximum absolute atomic E-state index is 13.1. The van der Waals surface area contributed by atoms with Gasteiger partial charge in [-0.25, -0.2) is 9.48 Å². The Morgan fingerprint density at radius 3 is 2.24 bits per heavy atom. The Hall–Kier alpha value is -3.61. The zero-order valence-electron chi connectivity index (χ0n) is 20.9. The van der Waals surface area contributed by atoms with Crippen LogP contribution in [-0.2, 0) is 10.2 Å². The summed E-state index contributed by atoms with van der Waals surface area (Å²) in [5.74, 6) is 0.501. The van der Waals surface area contributed by atoms with E-state index in [2.05, 4.69) is 31.4 Å². The first-order valence-corrected chi connectivity index (χ1v) is 11.6. The van der Waals surface area contributed by atoms with Crippen LogP contribution >= 0.6 is 0 Å². The first kappa shape index (κ1) is 25.0. The third-order valence-corrected chi connectivity index (χ3v) is 5.26. The largest absolute Gasteiger partial charge is 0.322 e. The van der Waals surface area contributed by atoms with Crippen LogP contribution in [0.15, 0.2) is 60.7 Å². The van der Waals surface area contributed by atoms with Crippen LogP contribution < -0.4 is 10.6 Å². The molecule has 0 radical (unpaired) electrons. The van der Waals surface area contributed by atoms with E-state index in [1.165, 1.54) is 4.90 Å². The van der Waals surface area contributed by atoms with Crippen molar-refractivity contribution in [2.24, 2.45) is 5.92 Å². The summed E-state index contributed by atoms with van der Waals surface area (Å²) in [6, 6.07) is 18.8. The standard InChI is InChI=1S/C27H35N5O2/c1-19(2)17-31(26(34)28-21-14-12-20(3)13-15-21)18-25(33)29-24-16-23(27(4,5)6)30-32(24)22-10-8-7-9-11-22/h7-16,19H,17-18H2,1-6H3,(H,28,34)(H,29,33). The number of carbonyl (C=O) groups excluding carboxylic acids is 2. The van der Waals surface area contributed by atoms with E-state index in [1.54, 1.807) is 4.68 Å². The second-order valence-corrected chi connectivity index (χ2v) is 10.0. The van der Waals surface area contributed by atoms with Crippen LogP contribution in [-0.4, -0.2) is 39.7 Å². The van der Waals surface area contributed by atoms with E-state index in [-0.39, 0.29) is 29.8 Å². The average molecular weight is 462 g/mol. The van der Waals surface area contributed by atoms with Gasteiger partial charge in [0.25, 0.3) is 0 Å². The van der Waals surface area contributed by atoms with Gasteiger partial charge in [0.2, 0.25) is 5.91 Å². The molecule has 3 rings (SSSR count). The molecule has 0 aliphatic rings. The molecule has 2 aromatic carbocycles. The summed E-state index contributed by atoms with van der Waals surface area (Å²) < 4.78 is 1.73. The number of anilines is 2. The van der Waals surface area contributed by atoms with E-state index in [9.17, 15) is 9.59 Å². The van der Waals surface area contributed by atoms with Crippen molar-refractivity contribution >= 4 is 23.4 Å². The highest BCUT2D eigenvalue weighted by molar-refractivity contribution is 5.96. The number of aryl methyl sites for hydroxylation is 1. The maximum atomic E-state index is 13.1. The number of hydrogen-bond acceptors (Lipinski definition) is 3. The molecule has 1 heterocycles. The number of urea groups is 1. The fourth-order valence-corrected chi connectivity index (χ4v) is 3.46. The Morgan fingerprint density at radius 1 is 1.00 bits per heavy atom. The Labute approximate surface area is 202 Å². The minimum absolute atomic E-state index is 0.0688. The van der Waals surface area contributed by atoms with Crippen molar-refractivity contribution in [3.05, 3.63) is 71.9 Å². The minimum Gasteiger partial charge on any atom is -0.315 e. The van der Waals surface area contributed by atoms with Crippen molar-refractivity contribution in [3.63, 3.8) is 0 Å². The molecular formula is C27H35N5O2. The molecule has 0 aliphatic heterocycles. The molecule has 2 N–H and O–H groups in total. The molecule has 0 spiro atoms. The molecule has 0 aliphatic carbocycles. The van der Waals surface area contributed by atoms with Crippen LogP contribution in [0.5, 0.6) is 0 Å². The van der Waals surface area contributed by atoms with Crippen molar-refractivity contribution in [2.45, 2.75) is 47.0 Å². The number of carbonyl (C=O) groups is 2. The number of aromatic nitrogens is 2. The molecule has 3 aromatic rings. The number of para-hydroxylation sites is 1. The van der Waals surface area contributed by atoms with Crippen LogP contribution in [0.2, 0.25) is 0 Å². The number of amides is 3. The smallest absolute Gasteiger partial charge is 0.315 e. The number of nitrogens with one attached hydrogen (secondary N) is 2. The lowest BCUT2D eigenvalue weighted by Crippen LogP contribution is -2.42. The summed E-state index contributed by atoms with van der Waals surface area (Å²) >= 11 is 0. The van der Waals surface area contributed by atoms with Gasteiger partial charge in [0.15, 0.2) is 0 Å². The molecule has 7 nitrogen and oxygen atoms in total. The van der Waals surface area contributed by atoms with Gasteiger partial charge < -0.3 is 15.5 Å². The fourth-order valence-electron chi connectivity index (χ4n) is 3.46. The van der Waals surface area contributed by atoms with E-state index in [0.717, 1.165) is 16.9 Å². The normalized spacial score (nSPS) is 11.4. The fraction of sp³-hybridized carbons (Fsp3) is 0.370. The van der Waals surface area contributed by atoms with Gasteiger partial charge in [-0.15, -0.1) is 0 Å². The molecule has 0 atom stereocenters. The topological polar surface area (TPSA) is 79.3 Å². The summed E-state index contributed by atoms with van der Waals surface area (Å²) in [5.41, 5.74) is 3.34. The van der Waals surface area contributed by atoms with Gasteiger partial charge in [0, 0.05) is 23.7 Å². The molecular weight excluding hydrogens is 426 g/mol. The summed E-state index contributed by atoms with van der Waals surface area (Å²) in [4.78, 5) is 27.6. The summed E-state index contributed by atoms with van der Waals surface area (Å²) in [5, 5.41) is 10.6. The number of nitrogens with zero attached hydrogens (tertiary/aromatic N) is 3. The van der Waals surface area contributed by atoms with Crippen molar-refractivity contribution in [2.75, 3.05) is 23.7 Å². The lowest BCUT2D eigenvalue weighted by molar-refractivity contribution is -0.116. The quantitative estimate of drug-likeness (QED) is 0.480. The SMILES string of the molecule is Cc1ccc(NC(=O)N(CC(=O)Nc2cc(C(C)(C)C)nn2-c2ccccc2)CC(C)C)cc1. The molecule has 0 unspecified atom stereocenters. The van der Waals surface area contributed by atoms with E-state index in [0.29, 0.717) is 18.1 Å². The molecule has 34 heavy (non-hydrogen) atoms. The van der Waals surface area contributed by atoms with Gasteiger partial charge >= 0.3 is 6.03 Å². The Morgan fingerprint density at radius 2 is 1.65 bits per heavy atom. The Bertz CT molecular complexity index is 1110. The van der Waals surface area contributed by atoms with Gasteiger partial charge in [-0.05, 0) is 37.1 Å². The second kappa shape index (κ2) is 10.5. The Kier molecular flexibility index (Phi) is 7.76. The van der Waals surface area contributed by atoms with Gasteiger partial charge in [0.1, 0.15) is 12.4 Å². The van der Waals surface area contributed by atoms with Crippen LogP contribution in [0, 0.1) is 12.8 Å². The maximum Gasteiger partial charge on any atom is 0.322 e. The molecule has 0 saturated heterocycles. The van der Waals surface area contributed by atoms with Gasteiger partial charge in [-0.1, -0.05) is 70.5 Å². The van der Waals surface area contributed by atoms with Crippen molar-refractivity contribution in [1.82, 2.24) is 14.7 Å². The van der Waals surface area contributed by atoms with Crippen LogP contribution in [0.25, 0.3) is 5.69 Å². The van der Waals surface area contributed by atoms with Crippen molar-refractivity contribution in [1.29, 1.82) is 0 Å². The predicted octanol–water partition coefficient (Wildman–Crippen LogP) is 5.61. The lowest BCUT2D eigenvalue weighted by Gasteiger charge is -2.24. The van der Waals surface area contributed by atoms with E-state index in [1.807, 2.05) is 81.4 Å². The number of benzene rings is 2. The van der Waals surface area contributed by atoms with Crippen molar-refractivity contribution < 1.29 is 9.59 Å². The van der Waals surface area contributed by atoms with E-state index >= 15 is 0 Å². The van der Waals surface area contributed by atoms with E-state index < -0.39 is 0 Å². The highest BCUT2D eigenvalue weighted by atomic mass is 16.2. The van der Waals surface area contributed by atoms with Crippen molar-refractivity contribution in [3.8, 4) is 5.69 Å². The van der Waals surface area contributed by atoms with E-state index in [4.69, 9.17) is 5.10 Å². The third kappa shape index (κ3) is 6.70. The Balaban J connectivity index is 1.79. The average Bonchev–Trinajstić information content (AvgIpc) is 3.19. The van der Waals surface area contributed by atoms with Crippen LogP contribution in [0.4, 0.5) is 16.3 Å². The second-order valence-electron chi connectivity index (χ2n) is 10.0. The van der Waals surface area contributed by atoms with Crippen LogP contribution in [0.3, 0.4) is 0 Å². The number of hydrogen-bond donors (Lipinski definition) is 2. The zero-order chi connectivity index (χ0) is 24.9. The lowest BCUT2D eigenvalue weighted by atomic mass is 9.92. The molecule has 180 valence electrons. The molecule has 0 saturated carbocycles. The molecule has 1 aromatic heterocycles. The minimum atomic E-state index is -0.306. The first-order chi connectivity index (χ1) is 16.0. The monoisotopic (exact) mass is 461 g/mol. The molecule has 3 amide bonds. The van der Waals surface area contributed by atoms with Crippen LogP contribution in [0.1, 0.15) is 45.9 Å². The summed E-state index contributed by atoms with van der Waals surface area (Å²) in [6.45, 7) is 12.7. The molecule has 7 heteroatoms. The highest BCUT2D eigenvalue weighted by Gasteiger charge is 2.23. The predicted molar refractivity (Wildman–Crippen MR) is 138 cm³/mol. The van der Waals surface area contributed by atoms with Gasteiger partial charge in [-0.2, -0.15) is 5.10 Å². The molecule has 0 bridgehead atoms. The number of rotatable bonds is 7. The summed E-state index contributed by atoms with van der Waals surface area (Å²) in [6.07, 6.45) is 0. The highest BCUT2D eigenvalue weighted by Crippen LogP contribution is 2.26. The zero-order valence-corrected chi connectivity index (χ0v) is 20.9. The summed E-state index contributed by atoms with van der Waals surface area (Å²) in [7, 11) is 0. The third-order valence-electron chi connectivity index (χ3n) is 5.26.